The lowest BCUT2D eigenvalue weighted by Crippen LogP contribution is -2.48. The Bertz CT molecular complexity index is 1430. The van der Waals surface area contributed by atoms with Gasteiger partial charge in [0.25, 0.3) is 0 Å². The summed E-state index contributed by atoms with van der Waals surface area (Å²) in [6, 6.07) is 14.2. The first-order valence-electron chi connectivity index (χ1n) is 15.6. The molecule has 0 unspecified atom stereocenters. The Kier molecular flexibility index (Phi) is 10.2. The van der Waals surface area contributed by atoms with Crippen LogP contribution in [-0.4, -0.2) is 64.6 Å². The zero-order valence-corrected chi connectivity index (χ0v) is 28.4. The van der Waals surface area contributed by atoms with Crippen LogP contribution in [0.25, 0.3) is 0 Å². The lowest BCUT2D eigenvalue weighted by atomic mass is 9.85. The summed E-state index contributed by atoms with van der Waals surface area (Å²) in [6.07, 6.45) is 3.99. The highest BCUT2D eigenvalue weighted by molar-refractivity contribution is 7.11. The van der Waals surface area contributed by atoms with Gasteiger partial charge in [-0.2, -0.15) is 0 Å². The zero-order valence-electron chi connectivity index (χ0n) is 26.1. The number of benzene rings is 2. The molecule has 5 rings (SSSR count). The number of likely N-dealkylation sites (tertiary alicyclic amines) is 2. The summed E-state index contributed by atoms with van der Waals surface area (Å²) in [7, 11) is 0. The maximum Gasteiger partial charge on any atom is 0.321 e. The first kappa shape index (κ1) is 32.4. The Morgan fingerprint density at radius 2 is 1.84 bits per heavy atom. The van der Waals surface area contributed by atoms with E-state index in [0.29, 0.717) is 27.8 Å². The van der Waals surface area contributed by atoms with Gasteiger partial charge in [0.2, 0.25) is 0 Å². The van der Waals surface area contributed by atoms with E-state index < -0.39 is 12.0 Å². The van der Waals surface area contributed by atoms with E-state index in [4.69, 9.17) is 28.2 Å². The third kappa shape index (κ3) is 7.65. The van der Waals surface area contributed by atoms with E-state index in [1.807, 2.05) is 50.3 Å². The summed E-state index contributed by atoms with van der Waals surface area (Å²) in [5, 5.41) is 12.5. The standard InChI is InChI=1S/C35H45Cl2N3O2S/c1-6-30-32(43-31(38-30)18-23-10-11-28(36)29(37)17-23)24-12-14-39(15-13-24)19-26-20-40(33(34(41)42)35(3,4)5)21-27(26)25-9-7-8-22(2)16-25/h7-11,16-17,24,26-27,33H,6,12-15,18-21H2,1-5H3,(H,41,42)/t26-,27+,33-/m0/s1. The van der Waals surface area contributed by atoms with Crippen molar-refractivity contribution in [3.8, 4) is 0 Å². The second kappa shape index (κ2) is 13.6. The summed E-state index contributed by atoms with van der Waals surface area (Å²) >= 11 is 14.3. The van der Waals surface area contributed by atoms with Gasteiger partial charge in [-0.3, -0.25) is 9.69 Å². The maximum absolute atomic E-state index is 12.4. The molecule has 2 saturated heterocycles. The number of aromatic nitrogens is 1. The third-order valence-corrected chi connectivity index (χ3v) is 11.3. The lowest BCUT2D eigenvalue weighted by molar-refractivity contribution is -0.147. The number of halogens is 2. The van der Waals surface area contributed by atoms with E-state index in [9.17, 15) is 9.90 Å². The van der Waals surface area contributed by atoms with Gasteiger partial charge in [0.05, 0.1) is 20.7 Å². The molecule has 43 heavy (non-hydrogen) atoms. The number of hydrogen-bond acceptors (Lipinski definition) is 5. The molecule has 0 bridgehead atoms. The van der Waals surface area contributed by atoms with Crippen LogP contribution in [0.15, 0.2) is 42.5 Å². The molecule has 3 atom stereocenters. The van der Waals surface area contributed by atoms with Crippen LogP contribution in [0.3, 0.4) is 0 Å². The largest absolute Gasteiger partial charge is 0.480 e. The van der Waals surface area contributed by atoms with E-state index in [1.165, 1.54) is 21.7 Å². The van der Waals surface area contributed by atoms with Crippen LogP contribution >= 0.6 is 34.5 Å². The predicted molar refractivity (Wildman–Crippen MR) is 179 cm³/mol. The first-order chi connectivity index (χ1) is 20.4. The number of carbonyl (C=O) groups is 1. The van der Waals surface area contributed by atoms with Gasteiger partial charge in [-0.05, 0) is 79.8 Å². The minimum absolute atomic E-state index is 0.332. The maximum atomic E-state index is 12.4. The van der Waals surface area contributed by atoms with Gasteiger partial charge in [0.1, 0.15) is 6.04 Å². The molecular weight excluding hydrogens is 597 g/mol. The monoisotopic (exact) mass is 641 g/mol. The Hall–Kier alpha value is -1.96. The van der Waals surface area contributed by atoms with Crippen molar-refractivity contribution in [3.63, 3.8) is 0 Å². The highest BCUT2D eigenvalue weighted by Crippen LogP contribution is 2.40. The fraction of sp³-hybridized carbons (Fsp3) is 0.543. The van der Waals surface area contributed by atoms with Crippen molar-refractivity contribution in [2.24, 2.45) is 11.3 Å². The Labute approximate surface area is 271 Å². The van der Waals surface area contributed by atoms with Gasteiger partial charge >= 0.3 is 5.97 Å². The van der Waals surface area contributed by atoms with Gasteiger partial charge in [-0.25, -0.2) is 4.98 Å². The molecule has 2 aliphatic heterocycles. The quantitative estimate of drug-likeness (QED) is 0.255. The average molecular weight is 643 g/mol. The number of nitrogens with zero attached hydrogens (tertiary/aromatic N) is 3. The fourth-order valence-electron chi connectivity index (χ4n) is 7.25. The normalized spacial score (nSPS) is 21.4. The van der Waals surface area contributed by atoms with Crippen LogP contribution < -0.4 is 0 Å². The van der Waals surface area contributed by atoms with Crippen molar-refractivity contribution in [2.45, 2.75) is 78.2 Å². The van der Waals surface area contributed by atoms with Crippen LogP contribution in [-0.2, 0) is 17.6 Å². The second-order valence-corrected chi connectivity index (χ2v) is 15.5. The van der Waals surface area contributed by atoms with Crippen molar-refractivity contribution in [1.29, 1.82) is 0 Å². The Balaban J connectivity index is 1.27. The Morgan fingerprint density at radius 3 is 2.47 bits per heavy atom. The van der Waals surface area contributed by atoms with E-state index >= 15 is 0 Å². The predicted octanol–water partition coefficient (Wildman–Crippen LogP) is 8.31. The molecule has 5 nitrogen and oxygen atoms in total. The van der Waals surface area contributed by atoms with E-state index in [-0.39, 0.29) is 5.41 Å². The molecule has 8 heteroatoms. The van der Waals surface area contributed by atoms with Gasteiger partial charge in [0, 0.05) is 36.9 Å². The Morgan fingerprint density at radius 1 is 1.09 bits per heavy atom. The van der Waals surface area contributed by atoms with Crippen molar-refractivity contribution in [1.82, 2.24) is 14.8 Å². The molecular formula is C35H45Cl2N3O2S. The molecule has 0 amide bonds. The zero-order chi connectivity index (χ0) is 30.9. The number of carboxylic acids is 1. The van der Waals surface area contributed by atoms with Gasteiger partial charge < -0.3 is 10.0 Å². The topological polar surface area (TPSA) is 56.7 Å². The molecule has 2 fully saturated rings. The van der Waals surface area contributed by atoms with Crippen molar-refractivity contribution in [2.75, 3.05) is 32.7 Å². The molecule has 2 aliphatic rings. The SMILES string of the molecule is CCc1nc(Cc2ccc(Cl)c(Cl)c2)sc1C1CCN(C[C@H]2CN([C@@H](C(=O)O)C(C)(C)C)C[C@@H]2c2cccc(C)c2)CC1. The molecule has 0 aliphatic carbocycles. The van der Waals surface area contributed by atoms with E-state index in [1.54, 1.807) is 0 Å². The number of hydrogen-bond donors (Lipinski definition) is 1. The molecule has 0 radical (unpaired) electrons. The number of aryl methyl sites for hydroxylation is 2. The number of piperidine rings is 1. The smallest absolute Gasteiger partial charge is 0.321 e. The number of carboxylic acid groups (broad SMARTS) is 1. The molecule has 232 valence electrons. The highest BCUT2D eigenvalue weighted by atomic mass is 35.5. The molecule has 1 aromatic heterocycles. The number of aliphatic carboxylic acids is 1. The first-order valence-corrected chi connectivity index (χ1v) is 17.2. The molecule has 0 spiro atoms. The lowest BCUT2D eigenvalue weighted by Gasteiger charge is -2.36. The second-order valence-electron chi connectivity index (χ2n) is 13.6. The van der Waals surface area contributed by atoms with Crippen LogP contribution in [0.2, 0.25) is 10.0 Å². The summed E-state index contributed by atoms with van der Waals surface area (Å²) in [5.74, 6) is 0.553. The van der Waals surface area contributed by atoms with Crippen molar-refractivity contribution < 1.29 is 9.90 Å². The minimum Gasteiger partial charge on any atom is -0.480 e. The minimum atomic E-state index is -0.716. The van der Waals surface area contributed by atoms with Gasteiger partial charge in [0.15, 0.2) is 0 Å². The molecule has 1 N–H and O–H groups in total. The van der Waals surface area contributed by atoms with Crippen molar-refractivity contribution in [3.05, 3.63) is 84.8 Å². The number of thiazole rings is 1. The van der Waals surface area contributed by atoms with Crippen LogP contribution in [0.4, 0.5) is 0 Å². The molecule has 3 aromatic rings. The molecule has 3 heterocycles. The number of rotatable bonds is 9. The van der Waals surface area contributed by atoms with Gasteiger partial charge in [-0.1, -0.05) is 86.8 Å². The summed E-state index contributed by atoms with van der Waals surface area (Å²) in [5.41, 5.74) is 4.65. The fourth-order valence-corrected chi connectivity index (χ4v) is 8.93. The highest BCUT2D eigenvalue weighted by Gasteiger charge is 2.44. The molecule has 0 saturated carbocycles. The van der Waals surface area contributed by atoms with E-state index in [2.05, 4.69) is 47.9 Å². The third-order valence-electron chi connectivity index (χ3n) is 9.26. The van der Waals surface area contributed by atoms with Crippen LogP contribution in [0.5, 0.6) is 0 Å². The molecule has 2 aromatic carbocycles. The summed E-state index contributed by atoms with van der Waals surface area (Å²) < 4.78 is 0. The summed E-state index contributed by atoms with van der Waals surface area (Å²) in [4.78, 5) is 23.8. The van der Waals surface area contributed by atoms with Crippen molar-refractivity contribution >= 4 is 40.5 Å². The average Bonchev–Trinajstić information content (AvgIpc) is 3.54. The van der Waals surface area contributed by atoms with E-state index in [0.717, 1.165) is 69.0 Å². The van der Waals surface area contributed by atoms with Crippen LogP contribution in [0.1, 0.15) is 84.6 Å². The van der Waals surface area contributed by atoms with Gasteiger partial charge in [-0.15, -0.1) is 11.3 Å². The summed E-state index contributed by atoms with van der Waals surface area (Å²) in [6.45, 7) is 15.2. The van der Waals surface area contributed by atoms with Crippen LogP contribution in [0, 0.1) is 18.3 Å².